The highest BCUT2D eigenvalue weighted by Gasteiger charge is 2.08. The maximum absolute atomic E-state index is 11.4. The molecular formula is C11H22N2O. The van der Waals surface area contributed by atoms with Crippen molar-refractivity contribution in [3.05, 3.63) is 12.2 Å². The number of amides is 1. The van der Waals surface area contributed by atoms with Crippen LogP contribution in [0.1, 0.15) is 33.1 Å². The molecule has 0 aromatic carbocycles. The average Bonchev–Trinajstić information content (AvgIpc) is 2.14. The average molecular weight is 198 g/mol. The van der Waals surface area contributed by atoms with E-state index in [0.29, 0.717) is 6.42 Å². The number of carbonyl (C=O) groups is 1. The first kappa shape index (κ1) is 13.2. The number of hydrogen-bond donors (Lipinski definition) is 2. The standard InChI is InChI=1S/C11H22N2O/c1-5-10(8-12-4)13-11(14)7-6-9(2)3/h10,12H,2,5-8H2,1,3-4H3,(H,13,14). The monoisotopic (exact) mass is 198 g/mol. The lowest BCUT2D eigenvalue weighted by Crippen LogP contribution is -2.40. The second-order valence-corrected chi connectivity index (χ2v) is 3.69. The molecule has 0 aliphatic heterocycles. The second-order valence-electron chi connectivity index (χ2n) is 3.69. The molecule has 0 radical (unpaired) electrons. The number of carbonyl (C=O) groups excluding carboxylic acids is 1. The molecule has 14 heavy (non-hydrogen) atoms. The Morgan fingerprint density at radius 1 is 1.43 bits per heavy atom. The Kier molecular flexibility index (Phi) is 7.11. The van der Waals surface area contributed by atoms with Crippen molar-refractivity contribution in [1.29, 1.82) is 0 Å². The van der Waals surface area contributed by atoms with Crippen LogP contribution >= 0.6 is 0 Å². The van der Waals surface area contributed by atoms with Gasteiger partial charge in [-0.05, 0) is 26.8 Å². The van der Waals surface area contributed by atoms with Gasteiger partial charge in [-0.25, -0.2) is 0 Å². The van der Waals surface area contributed by atoms with Crippen LogP contribution in [-0.2, 0) is 4.79 Å². The van der Waals surface area contributed by atoms with Crippen molar-refractivity contribution in [3.8, 4) is 0 Å². The van der Waals surface area contributed by atoms with Gasteiger partial charge in [0.05, 0.1) is 0 Å². The molecule has 3 nitrogen and oxygen atoms in total. The van der Waals surface area contributed by atoms with Gasteiger partial charge in [0, 0.05) is 19.0 Å². The van der Waals surface area contributed by atoms with Crippen LogP contribution in [0.3, 0.4) is 0 Å². The second kappa shape index (κ2) is 7.56. The molecule has 1 amide bonds. The van der Waals surface area contributed by atoms with E-state index in [1.165, 1.54) is 0 Å². The zero-order chi connectivity index (χ0) is 11.0. The van der Waals surface area contributed by atoms with Crippen molar-refractivity contribution in [3.63, 3.8) is 0 Å². The lowest BCUT2D eigenvalue weighted by Gasteiger charge is -2.16. The van der Waals surface area contributed by atoms with Gasteiger partial charge in [-0.3, -0.25) is 4.79 Å². The molecule has 0 heterocycles. The summed E-state index contributed by atoms with van der Waals surface area (Å²) in [5.41, 5.74) is 1.06. The molecule has 0 aliphatic carbocycles. The van der Waals surface area contributed by atoms with Gasteiger partial charge in [0.2, 0.25) is 5.91 Å². The van der Waals surface area contributed by atoms with Crippen molar-refractivity contribution in [2.75, 3.05) is 13.6 Å². The summed E-state index contributed by atoms with van der Waals surface area (Å²) in [5.74, 6) is 0.120. The van der Waals surface area contributed by atoms with Crippen molar-refractivity contribution >= 4 is 5.91 Å². The van der Waals surface area contributed by atoms with Crippen LogP contribution in [0.15, 0.2) is 12.2 Å². The molecule has 0 aromatic rings. The fraction of sp³-hybridized carbons (Fsp3) is 0.727. The summed E-state index contributed by atoms with van der Waals surface area (Å²) in [4.78, 5) is 11.4. The first-order valence-corrected chi connectivity index (χ1v) is 5.18. The third kappa shape index (κ3) is 6.66. The summed E-state index contributed by atoms with van der Waals surface area (Å²) in [5, 5.41) is 6.04. The zero-order valence-electron chi connectivity index (χ0n) is 9.52. The first-order chi connectivity index (χ1) is 6.60. The molecule has 0 aliphatic rings. The van der Waals surface area contributed by atoms with E-state index < -0.39 is 0 Å². The van der Waals surface area contributed by atoms with Crippen LogP contribution in [0, 0.1) is 0 Å². The molecular weight excluding hydrogens is 176 g/mol. The topological polar surface area (TPSA) is 41.1 Å². The van der Waals surface area contributed by atoms with Crippen LogP contribution in [0.4, 0.5) is 0 Å². The molecule has 0 saturated carbocycles. The van der Waals surface area contributed by atoms with Gasteiger partial charge >= 0.3 is 0 Å². The fourth-order valence-electron chi connectivity index (χ4n) is 1.17. The van der Waals surface area contributed by atoms with Crippen LogP contribution in [0.2, 0.25) is 0 Å². The molecule has 0 aromatic heterocycles. The third-order valence-corrected chi connectivity index (χ3v) is 2.09. The van der Waals surface area contributed by atoms with Crippen LogP contribution < -0.4 is 10.6 Å². The third-order valence-electron chi connectivity index (χ3n) is 2.09. The van der Waals surface area contributed by atoms with Crippen LogP contribution in [-0.4, -0.2) is 25.5 Å². The van der Waals surface area contributed by atoms with E-state index in [1.807, 2.05) is 14.0 Å². The van der Waals surface area contributed by atoms with Crippen molar-refractivity contribution in [2.24, 2.45) is 0 Å². The Balaban J connectivity index is 3.72. The van der Waals surface area contributed by atoms with E-state index >= 15 is 0 Å². The molecule has 2 N–H and O–H groups in total. The van der Waals surface area contributed by atoms with E-state index in [0.717, 1.165) is 25.0 Å². The van der Waals surface area contributed by atoms with Gasteiger partial charge < -0.3 is 10.6 Å². The summed E-state index contributed by atoms with van der Waals surface area (Å²) >= 11 is 0. The predicted octanol–water partition coefficient (Wildman–Crippen LogP) is 1.46. The van der Waals surface area contributed by atoms with E-state index in [9.17, 15) is 4.79 Å². The highest BCUT2D eigenvalue weighted by molar-refractivity contribution is 5.76. The number of rotatable bonds is 7. The minimum absolute atomic E-state index is 0.120. The Labute approximate surface area is 87.0 Å². The van der Waals surface area contributed by atoms with Crippen molar-refractivity contribution in [1.82, 2.24) is 10.6 Å². The summed E-state index contributed by atoms with van der Waals surface area (Å²) < 4.78 is 0. The van der Waals surface area contributed by atoms with Crippen molar-refractivity contribution < 1.29 is 4.79 Å². The zero-order valence-corrected chi connectivity index (χ0v) is 9.52. The Bertz CT molecular complexity index is 190. The summed E-state index contributed by atoms with van der Waals surface area (Å²) in [6, 6.07) is 0.248. The highest BCUT2D eigenvalue weighted by Crippen LogP contribution is 2.00. The number of allylic oxidation sites excluding steroid dienone is 1. The Morgan fingerprint density at radius 3 is 2.50 bits per heavy atom. The van der Waals surface area contributed by atoms with Gasteiger partial charge in [0.1, 0.15) is 0 Å². The number of nitrogens with one attached hydrogen (secondary N) is 2. The molecule has 1 atom stereocenters. The largest absolute Gasteiger partial charge is 0.352 e. The predicted molar refractivity (Wildman–Crippen MR) is 60.2 cm³/mol. The summed E-state index contributed by atoms with van der Waals surface area (Å²) in [7, 11) is 1.89. The quantitative estimate of drug-likeness (QED) is 0.608. The molecule has 0 bridgehead atoms. The fourth-order valence-corrected chi connectivity index (χ4v) is 1.17. The molecule has 1 unspecified atom stereocenters. The summed E-state index contributed by atoms with van der Waals surface area (Å²) in [6.45, 7) is 8.61. The number of hydrogen-bond acceptors (Lipinski definition) is 2. The van der Waals surface area contributed by atoms with Crippen LogP contribution in [0.5, 0.6) is 0 Å². The molecule has 0 rings (SSSR count). The van der Waals surface area contributed by atoms with Crippen molar-refractivity contribution in [2.45, 2.75) is 39.2 Å². The van der Waals surface area contributed by atoms with E-state index in [-0.39, 0.29) is 11.9 Å². The highest BCUT2D eigenvalue weighted by atomic mass is 16.1. The molecule has 82 valence electrons. The first-order valence-electron chi connectivity index (χ1n) is 5.18. The molecule has 0 spiro atoms. The van der Waals surface area contributed by atoms with E-state index in [2.05, 4.69) is 24.1 Å². The minimum Gasteiger partial charge on any atom is -0.352 e. The Hall–Kier alpha value is -0.830. The minimum atomic E-state index is 0.120. The maximum atomic E-state index is 11.4. The number of likely N-dealkylation sites (N-methyl/N-ethyl adjacent to an activating group) is 1. The Morgan fingerprint density at radius 2 is 2.07 bits per heavy atom. The van der Waals surface area contributed by atoms with E-state index in [1.54, 1.807) is 0 Å². The normalized spacial score (nSPS) is 12.2. The summed E-state index contributed by atoms with van der Waals surface area (Å²) in [6.07, 6.45) is 2.29. The molecule has 3 heteroatoms. The lowest BCUT2D eigenvalue weighted by molar-refractivity contribution is -0.121. The van der Waals surface area contributed by atoms with Gasteiger partial charge in [0.15, 0.2) is 0 Å². The van der Waals surface area contributed by atoms with Crippen LogP contribution in [0.25, 0.3) is 0 Å². The lowest BCUT2D eigenvalue weighted by atomic mass is 10.1. The van der Waals surface area contributed by atoms with Gasteiger partial charge in [-0.2, -0.15) is 0 Å². The van der Waals surface area contributed by atoms with E-state index in [4.69, 9.17) is 0 Å². The van der Waals surface area contributed by atoms with Gasteiger partial charge in [-0.1, -0.05) is 12.5 Å². The van der Waals surface area contributed by atoms with Gasteiger partial charge in [-0.15, -0.1) is 6.58 Å². The molecule has 0 saturated heterocycles. The maximum Gasteiger partial charge on any atom is 0.220 e. The smallest absolute Gasteiger partial charge is 0.220 e. The van der Waals surface area contributed by atoms with Gasteiger partial charge in [0.25, 0.3) is 0 Å². The molecule has 0 fully saturated rings. The SMILES string of the molecule is C=C(C)CCC(=O)NC(CC)CNC.